The van der Waals surface area contributed by atoms with Crippen molar-refractivity contribution in [3.05, 3.63) is 46.4 Å². The summed E-state index contributed by atoms with van der Waals surface area (Å²) in [4.78, 5) is 28.7. The fraction of sp³-hybridized carbons (Fsp3) is 0.188. The summed E-state index contributed by atoms with van der Waals surface area (Å²) >= 11 is 9.89. The summed E-state index contributed by atoms with van der Waals surface area (Å²) in [6.45, 7) is 1.92. The Morgan fingerprint density at radius 3 is 2.74 bits per heavy atom. The summed E-state index contributed by atoms with van der Waals surface area (Å²) in [5, 5.41) is 16.2. The number of carbonyl (C=O) groups excluding carboxylic acids is 2. The van der Waals surface area contributed by atoms with Gasteiger partial charge >= 0.3 is 0 Å². The van der Waals surface area contributed by atoms with Crippen molar-refractivity contribution in [2.45, 2.75) is 22.9 Å². The molecule has 2 heterocycles. The minimum atomic E-state index is -0.359. The molecule has 0 radical (unpaired) electrons. The lowest BCUT2D eigenvalue weighted by atomic mass is 10.2. The summed E-state index contributed by atoms with van der Waals surface area (Å²) in [6.07, 6.45) is 2.25. The SMILES string of the molecule is CC[C@H](Sc1nnc(NC(=O)c2ccccc2Cl)s1)C(=O)Nc1nccs1. The van der Waals surface area contributed by atoms with E-state index < -0.39 is 0 Å². The van der Waals surface area contributed by atoms with Crippen LogP contribution in [0.2, 0.25) is 5.02 Å². The molecule has 0 aliphatic rings. The van der Waals surface area contributed by atoms with E-state index in [0.717, 1.165) is 0 Å². The van der Waals surface area contributed by atoms with Gasteiger partial charge in [0.15, 0.2) is 9.47 Å². The molecule has 7 nitrogen and oxygen atoms in total. The second-order valence-corrected chi connectivity index (χ2v) is 8.88. The highest BCUT2D eigenvalue weighted by atomic mass is 35.5. The highest BCUT2D eigenvalue weighted by Gasteiger charge is 2.21. The molecule has 0 aliphatic carbocycles. The lowest BCUT2D eigenvalue weighted by molar-refractivity contribution is -0.115. The van der Waals surface area contributed by atoms with Gasteiger partial charge in [-0.05, 0) is 18.6 Å². The van der Waals surface area contributed by atoms with E-state index in [1.807, 2.05) is 6.92 Å². The van der Waals surface area contributed by atoms with Crippen LogP contribution in [0.1, 0.15) is 23.7 Å². The van der Waals surface area contributed by atoms with Crippen molar-refractivity contribution in [2.75, 3.05) is 10.6 Å². The molecule has 1 atom stereocenters. The first kappa shape index (κ1) is 19.7. The molecule has 3 rings (SSSR count). The van der Waals surface area contributed by atoms with Crippen molar-refractivity contribution in [3.8, 4) is 0 Å². The predicted molar refractivity (Wildman–Crippen MR) is 110 cm³/mol. The molecule has 11 heteroatoms. The number of nitrogens with zero attached hydrogens (tertiary/aromatic N) is 3. The second kappa shape index (κ2) is 9.27. The molecule has 0 spiro atoms. The average Bonchev–Trinajstić information content (AvgIpc) is 3.32. The summed E-state index contributed by atoms with van der Waals surface area (Å²) in [7, 11) is 0. The van der Waals surface area contributed by atoms with Gasteiger partial charge in [-0.15, -0.1) is 21.5 Å². The molecule has 0 bridgehead atoms. The maximum Gasteiger partial charge on any atom is 0.259 e. The van der Waals surface area contributed by atoms with Crippen LogP contribution in [0, 0.1) is 0 Å². The number of benzene rings is 1. The molecule has 2 aromatic heterocycles. The van der Waals surface area contributed by atoms with Crippen LogP contribution in [-0.4, -0.2) is 32.2 Å². The molecule has 0 aliphatic heterocycles. The van der Waals surface area contributed by atoms with E-state index in [2.05, 4.69) is 25.8 Å². The normalized spacial score (nSPS) is 11.8. The fourth-order valence-corrected chi connectivity index (χ4v) is 4.70. The van der Waals surface area contributed by atoms with Crippen LogP contribution in [0.4, 0.5) is 10.3 Å². The number of halogens is 1. The van der Waals surface area contributed by atoms with E-state index in [1.165, 1.54) is 34.4 Å². The standard InChI is InChI=1S/C16H14ClN5O2S3/c1-2-11(13(24)20-14-18-7-8-25-14)26-16-22-21-15(27-16)19-12(23)9-5-3-4-6-10(9)17/h3-8,11H,2H2,1H3,(H,18,20,24)(H,19,21,23)/t11-/m0/s1. The Morgan fingerprint density at radius 2 is 2.04 bits per heavy atom. The van der Waals surface area contributed by atoms with Crippen LogP contribution >= 0.6 is 46.0 Å². The van der Waals surface area contributed by atoms with Gasteiger partial charge in [-0.25, -0.2) is 4.98 Å². The number of thiazole rings is 1. The van der Waals surface area contributed by atoms with Crippen LogP contribution in [-0.2, 0) is 4.79 Å². The van der Waals surface area contributed by atoms with Gasteiger partial charge in [0.1, 0.15) is 0 Å². The molecule has 1 aromatic carbocycles. The molecule has 2 N–H and O–H groups in total. The summed E-state index contributed by atoms with van der Waals surface area (Å²) in [6, 6.07) is 6.75. The van der Waals surface area contributed by atoms with Gasteiger partial charge in [0.2, 0.25) is 11.0 Å². The van der Waals surface area contributed by atoms with Gasteiger partial charge in [-0.3, -0.25) is 14.9 Å². The van der Waals surface area contributed by atoms with E-state index >= 15 is 0 Å². The summed E-state index contributed by atoms with van der Waals surface area (Å²) in [5.41, 5.74) is 0.359. The van der Waals surface area contributed by atoms with E-state index in [0.29, 0.717) is 31.6 Å². The first-order valence-corrected chi connectivity index (χ1v) is 10.8. The number of hydrogen-bond acceptors (Lipinski definition) is 8. The molecule has 27 heavy (non-hydrogen) atoms. The number of nitrogens with one attached hydrogen (secondary N) is 2. The van der Waals surface area contributed by atoms with Gasteiger partial charge in [-0.1, -0.05) is 53.8 Å². The van der Waals surface area contributed by atoms with Crippen LogP contribution < -0.4 is 10.6 Å². The number of rotatable bonds is 7. The molecular formula is C16H14ClN5O2S3. The number of anilines is 2. The molecule has 2 amide bonds. The molecule has 0 saturated carbocycles. The Kier molecular flexibility index (Phi) is 6.78. The third-order valence-corrected chi connectivity index (χ3v) is 6.62. The topological polar surface area (TPSA) is 96.9 Å². The Bertz CT molecular complexity index is 932. The largest absolute Gasteiger partial charge is 0.301 e. The van der Waals surface area contributed by atoms with Crippen molar-refractivity contribution in [2.24, 2.45) is 0 Å². The zero-order chi connectivity index (χ0) is 19.2. The molecule has 0 saturated heterocycles. The van der Waals surface area contributed by atoms with Crippen molar-refractivity contribution < 1.29 is 9.59 Å². The minimum Gasteiger partial charge on any atom is -0.301 e. The quantitative estimate of drug-likeness (QED) is 0.418. The highest BCUT2D eigenvalue weighted by Crippen LogP contribution is 2.31. The first-order valence-electron chi connectivity index (χ1n) is 7.83. The van der Waals surface area contributed by atoms with Gasteiger partial charge in [0, 0.05) is 11.6 Å². The van der Waals surface area contributed by atoms with E-state index in [9.17, 15) is 9.59 Å². The van der Waals surface area contributed by atoms with Crippen molar-refractivity contribution in [1.82, 2.24) is 15.2 Å². The Morgan fingerprint density at radius 1 is 1.22 bits per heavy atom. The monoisotopic (exact) mass is 439 g/mol. The molecule has 140 valence electrons. The van der Waals surface area contributed by atoms with E-state index in [1.54, 1.807) is 35.8 Å². The Balaban J connectivity index is 1.62. The minimum absolute atomic E-state index is 0.144. The third-order valence-electron chi connectivity index (χ3n) is 3.31. The molecular weight excluding hydrogens is 426 g/mol. The first-order chi connectivity index (χ1) is 13.1. The number of amides is 2. The number of hydrogen-bond donors (Lipinski definition) is 2. The zero-order valence-corrected chi connectivity index (χ0v) is 17.2. The number of carbonyl (C=O) groups is 2. The summed E-state index contributed by atoms with van der Waals surface area (Å²) in [5.74, 6) is -0.504. The number of aromatic nitrogens is 3. The van der Waals surface area contributed by atoms with Gasteiger partial charge in [-0.2, -0.15) is 0 Å². The maximum atomic E-state index is 12.4. The van der Waals surface area contributed by atoms with Crippen LogP contribution in [0.25, 0.3) is 0 Å². The predicted octanol–water partition coefficient (Wildman–Crippen LogP) is 4.41. The third kappa shape index (κ3) is 5.25. The fourth-order valence-electron chi connectivity index (χ4n) is 2.03. The second-order valence-electron chi connectivity index (χ2n) is 5.15. The van der Waals surface area contributed by atoms with Gasteiger partial charge in [0.25, 0.3) is 5.91 Å². The van der Waals surface area contributed by atoms with Gasteiger partial charge in [0.05, 0.1) is 15.8 Å². The molecule has 0 unspecified atom stereocenters. The Hall–Kier alpha value is -2.01. The van der Waals surface area contributed by atoms with Crippen molar-refractivity contribution in [1.29, 1.82) is 0 Å². The zero-order valence-electron chi connectivity index (χ0n) is 14.0. The van der Waals surface area contributed by atoms with Gasteiger partial charge < -0.3 is 5.32 Å². The van der Waals surface area contributed by atoms with E-state index in [4.69, 9.17) is 11.6 Å². The van der Waals surface area contributed by atoms with E-state index in [-0.39, 0.29) is 17.1 Å². The van der Waals surface area contributed by atoms with Crippen molar-refractivity contribution in [3.63, 3.8) is 0 Å². The number of thioether (sulfide) groups is 1. The highest BCUT2D eigenvalue weighted by molar-refractivity contribution is 8.02. The lowest BCUT2D eigenvalue weighted by Gasteiger charge is -2.11. The average molecular weight is 440 g/mol. The smallest absolute Gasteiger partial charge is 0.259 e. The Labute approximate surface area is 172 Å². The lowest BCUT2D eigenvalue weighted by Crippen LogP contribution is -2.24. The summed E-state index contributed by atoms with van der Waals surface area (Å²) < 4.78 is 0.589. The van der Waals surface area contributed by atoms with Crippen LogP contribution in [0.15, 0.2) is 40.2 Å². The van der Waals surface area contributed by atoms with Crippen LogP contribution in [0.3, 0.4) is 0 Å². The maximum absolute atomic E-state index is 12.4. The molecule has 0 fully saturated rings. The molecule has 3 aromatic rings. The van der Waals surface area contributed by atoms with Crippen LogP contribution in [0.5, 0.6) is 0 Å². The van der Waals surface area contributed by atoms with Crippen molar-refractivity contribution >= 4 is 68.1 Å².